The molecule has 0 atom stereocenters. The molecule has 1 aliphatic rings. The van der Waals surface area contributed by atoms with E-state index in [0.29, 0.717) is 12.5 Å². The molecule has 0 spiro atoms. The summed E-state index contributed by atoms with van der Waals surface area (Å²) in [6.07, 6.45) is 5.00. The van der Waals surface area contributed by atoms with Crippen molar-refractivity contribution in [2.75, 3.05) is 12.8 Å². The first-order valence-electron chi connectivity index (χ1n) is 6.27. The van der Waals surface area contributed by atoms with Gasteiger partial charge in [-0.25, -0.2) is 0 Å². The lowest BCUT2D eigenvalue weighted by molar-refractivity contribution is -0.133. The largest absolute Gasteiger partial charge is 0.399 e. The zero-order valence-electron chi connectivity index (χ0n) is 10.4. The maximum atomic E-state index is 11.9. The third-order valence-corrected chi connectivity index (χ3v) is 3.62. The van der Waals surface area contributed by atoms with Crippen LogP contribution in [0.2, 0.25) is 0 Å². The van der Waals surface area contributed by atoms with Crippen molar-refractivity contribution < 1.29 is 4.79 Å². The Morgan fingerprint density at radius 2 is 2.00 bits per heavy atom. The standard InChI is InChI=1S/C14H20N2O/c1-16(13-3-2-4-13)14(17)10-7-11-5-8-12(15)9-6-11/h5-6,8-9,13H,2-4,7,10,15H2,1H3. The number of nitrogens with zero attached hydrogens (tertiary/aromatic N) is 1. The van der Waals surface area contributed by atoms with Crippen LogP contribution in [0.25, 0.3) is 0 Å². The number of carbonyl (C=O) groups is 1. The molecule has 0 bridgehead atoms. The highest BCUT2D eigenvalue weighted by molar-refractivity contribution is 5.76. The van der Waals surface area contributed by atoms with E-state index >= 15 is 0 Å². The molecule has 17 heavy (non-hydrogen) atoms. The fraction of sp³-hybridized carbons (Fsp3) is 0.500. The lowest BCUT2D eigenvalue weighted by Crippen LogP contribution is -2.41. The minimum Gasteiger partial charge on any atom is -0.399 e. The number of carbonyl (C=O) groups excluding carboxylic acids is 1. The van der Waals surface area contributed by atoms with Crippen molar-refractivity contribution in [3.63, 3.8) is 0 Å². The van der Waals surface area contributed by atoms with Crippen LogP contribution in [-0.4, -0.2) is 23.9 Å². The van der Waals surface area contributed by atoms with Crippen molar-refractivity contribution in [2.24, 2.45) is 0 Å². The molecule has 1 aromatic rings. The first-order chi connectivity index (χ1) is 8.16. The van der Waals surface area contributed by atoms with Gasteiger partial charge < -0.3 is 10.6 Å². The minimum absolute atomic E-state index is 0.256. The molecule has 1 aromatic carbocycles. The van der Waals surface area contributed by atoms with Crippen molar-refractivity contribution in [2.45, 2.75) is 38.1 Å². The lowest BCUT2D eigenvalue weighted by atomic mass is 9.91. The Hall–Kier alpha value is -1.51. The zero-order chi connectivity index (χ0) is 12.3. The second-order valence-corrected chi connectivity index (χ2v) is 4.83. The van der Waals surface area contributed by atoms with Crippen molar-refractivity contribution in [3.05, 3.63) is 29.8 Å². The Bertz CT molecular complexity index is 382. The molecule has 0 aliphatic heterocycles. The third kappa shape index (κ3) is 2.99. The van der Waals surface area contributed by atoms with Gasteiger partial charge in [0.15, 0.2) is 0 Å². The number of nitrogens with two attached hydrogens (primary N) is 1. The van der Waals surface area contributed by atoms with Crippen molar-refractivity contribution in [1.29, 1.82) is 0 Å². The second-order valence-electron chi connectivity index (χ2n) is 4.83. The van der Waals surface area contributed by atoms with Crippen LogP contribution in [0.5, 0.6) is 0 Å². The number of hydrogen-bond acceptors (Lipinski definition) is 2. The highest BCUT2D eigenvalue weighted by atomic mass is 16.2. The Balaban J connectivity index is 1.81. The van der Waals surface area contributed by atoms with E-state index in [2.05, 4.69) is 0 Å². The molecule has 0 radical (unpaired) electrons. The predicted molar refractivity (Wildman–Crippen MR) is 69.6 cm³/mol. The molecule has 3 nitrogen and oxygen atoms in total. The van der Waals surface area contributed by atoms with Gasteiger partial charge in [0, 0.05) is 25.2 Å². The number of aryl methyl sites for hydroxylation is 1. The average Bonchev–Trinajstić information content (AvgIpc) is 2.25. The number of rotatable bonds is 4. The van der Waals surface area contributed by atoms with Gasteiger partial charge in [0.05, 0.1) is 0 Å². The normalized spacial score (nSPS) is 15.4. The van der Waals surface area contributed by atoms with Crippen LogP contribution in [-0.2, 0) is 11.2 Å². The topological polar surface area (TPSA) is 46.3 Å². The maximum absolute atomic E-state index is 11.9. The van der Waals surface area contributed by atoms with E-state index in [1.165, 1.54) is 24.8 Å². The van der Waals surface area contributed by atoms with Gasteiger partial charge in [0.25, 0.3) is 0 Å². The number of amides is 1. The summed E-state index contributed by atoms with van der Waals surface area (Å²) < 4.78 is 0. The molecule has 2 rings (SSSR count). The summed E-state index contributed by atoms with van der Waals surface area (Å²) in [6, 6.07) is 8.25. The van der Waals surface area contributed by atoms with Crippen molar-refractivity contribution in [1.82, 2.24) is 4.90 Å². The first-order valence-corrected chi connectivity index (χ1v) is 6.27. The fourth-order valence-electron chi connectivity index (χ4n) is 2.09. The Morgan fingerprint density at radius 3 is 2.53 bits per heavy atom. The van der Waals surface area contributed by atoms with Crippen molar-refractivity contribution >= 4 is 11.6 Å². The molecule has 1 amide bonds. The fourth-order valence-corrected chi connectivity index (χ4v) is 2.09. The van der Waals surface area contributed by atoms with Gasteiger partial charge in [0.2, 0.25) is 5.91 Å². The third-order valence-electron chi connectivity index (χ3n) is 3.62. The van der Waals surface area contributed by atoms with E-state index < -0.39 is 0 Å². The van der Waals surface area contributed by atoms with Crippen molar-refractivity contribution in [3.8, 4) is 0 Å². The van der Waals surface area contributed by atoms with Gasteiger partial charge >= 0.3 is 0 Å². The highest BCUT2D eigenvalue weighted by Gasteiger charge is 2.24. The molecule has 0 saturated heterocycles. The smallest absolute Gasteiger partial charge is 0.222 e. The molecule has 1 fully saturated rings. The molecule has 92 valence electrons. The summed E-state index contributed by atoms with van der Waals surface area (Å²) >= 11 is 0. The summed E-state index contributed by atoms with van der Waals surface area (Å²) in [7, 11) is 1.93. The van der Waals surface area contributed by atoms with Gasteiger partial charge in [-0.2, -0.15) is 0 Å². The lowest BCUT2D eigenvalue weighted by Gasteiger charge is -2.34. The average molecular weight is 232 g/mol. The maximum Gasteiger partial charge on any atom is 0.222 e. The van der Waals surface area contributed by atoms with Gasteiger partial charge in [0.1, 0.15) is 0 Å². The zero-order valence-corrected chi connectivity index (χ0v) is 10.4. The van der Waals surface area contributed by atoms with Crippen LogP contribution in [0.15, 0.2) is 24.3 Å². The Labute approximate surface area is 103 Å². The van der Waals surface area contributed by atoms with Crippen LogP contribution in [0.1, 0.15) is 31.2 Å². The number of anilines is 1. The SMILES string of the molecule is CN(C(=O)CCc1ccc(N)cc1)C1CCC1. The number of hydrogen-bond donors (Lipinski definition) is 1. The Kier molecular flexibility index (Phi) is 3.67. The minimum atomic E-state index is 0.256. The van der Waals surface area contributed by atoms with E-state index in [1.807, 2.05) is 36.2 Å². The summed E-state index contributed by atoms with van der Waals surface area (Å²) in [5, 5.41) is 0. The van der Waals surface area contributed by atoms with Crippen LogP contribution in [0.3, 0.4) is 0 Å². The highest BCUT2D eigenvalue weighted by Crippen LogP contribution is 2.24. The van der Waals surface area contributed by atoms with Crippen LogP contribution in [0, 0.1) is 0 Å². The Morgan fingerprint density at radius 1 is 1.35 bits per heavy atom. The summed E-state index contributed by atoms with van der Waals surface area (Å²) in [5.41, 5.74) is 7.57. The predicted octanol–water partition coefficient (Wildman–Crippen LogP) is 2.21. The number of benzene rings is 1. The summed E-state index contributed by atoms with van der Waals surface area (Å²) in [6.45, 7) is 0. The van der Waals surface area contributed by atoms with E-state index in [0.717, 1.165) is 12.1 Å². The van der Waals surface area contributed by atoms with E-state index in [9.17, 15) is 4.79 Å². The van der Waals surface area contributed by atoms with E-state index in [1.54, 1.807) is 0 Å². The molecule has 0 unspecified atom stereocenters. The van der Waals surface area contributed by atoms with Crippen LogP contribution in [0.4, 0.5) is 5.69 Å². The molecular formula is C14H20N2O. The molecule has 0 aromatic heterocycles. The van der Waals surface area contributed by atoms with Crippen LogP contribution >= 0.6 is 0 Å². The molecular weight excluding hydrogens is 212 g/mol. The van der Waals surface area contributed by atoms with Gasteiger partial charge in [-0.3, -0.25) is 4.79 Å². The van der Waals surface area contributed by atoms with Gasteiger partial charge in [-0.1, -0.05) is 12.1 Å². The monoisotopic (exact) mass is 232 g/mol. The van der Waals surface area contributed by atoms with Gasteiger partial charge in [-0.15, -0.1) is 0 Å². The van der Waals surface area contributed by atoms with E-state index in [-0.39, 0.29) is 5.91 Å². The number of nitrogen functional groups attached to an aromatic ring is 1. The summed E-state index contributed by atoms with van der Waals surface area (Å²) in [4.78, 5) is 13.8. The molecule has 3 heteroatoms. The molecule has 0 heterocycles. The van der Waals surface area contributed by atoms with Gasteiger partial charge in [-0.05, 0) is 43.4 Å². The first kappa shape index (κ1) is 12.0. The quantitative estimate of drug-likeness (QED) is 0.809. The summed E-state index contributed by atoms with van der Waals surface area (Å²) in [5.74, 6) is 0.256. The van der Waals surface area contributed by atoms with Crippen LogP contribution < -0.4 is 5.73 Å². The molecule has 2 N–H and O–H groups in total. The molecule has 1 saturated carbocycles. The van der Waals surface area contributed by atoms with E-state index in [4.69, 9.17) is 5.73 Å². The molecule has 1 aliphatic carbocycles. The second kappa shape index (κ2) is 5.21.